The topological polar surface area (TPSA) is 70.7 Å². The third kappa shape index (κ3) is 7.96. The molecule has 0 saturated heterocycles. The van der Waals surface area contributed by atoms with Gasteiger partial charge in [-0.15, -0.1) is 0 Å². The summed E-state index contributed by atoms with van der Waals surface area (Å²) >= 11 is 0. The highest BCUT2D eigenvalue weighted by Gasteiger charge is 2.14. The van der Waals surface area contributed by atoms with Crippen molar-refractivity contribution in [2.45, 2.75) is 53.1 Å². The van der Waals surface area contributed by atoms with Crippen molar-refractivity contribution in [3.05, 3.63) is 54.1 Å². The maximum atomic E-state index is 12.8. The number of ether oxygens (including phenoxy) is 1. The maximum absolute atomic E-state index is 12.8. The molecule has 0 fully saturated rings. The summed E-state index contributed by atoms with van der Waals surface area (Å²) in [5.74, 6) is 0.584. The van der Waals surface area contributed by atoms with E-state index in [-0.39, 0.29) is 24.5 Å². The van der Waals surface area contributed by atoms with Gasteiger partial charge in [0.05, 0.1) is 12.6 Å². The van der Waals surface area contributed by atoms with Crippen molar-refractivity contribution in [2.24, 2.45) is 0 Å². The molecule has 0 heterocycles. The summed E-state index contributed by atoms with van der Waals surface area (Å²) in [6, 6.07) is 14.7. The van der Waals surface area contributed by atoms with Gasteiger partial charge in [-0.2, -0.15) is 0 Å². The molecule has 2 rings (SSSR count). The van der Waals surface area contributed by atoms with E-state index in [2.05, 4.69) is 31.4 Å². The van der Waals surface area contributed by atoms with Gasteiger partial charge >= 0.3 is 0 Å². The van der Waals surface area contributed by atoms with E-state index in [0.717, 1.165) is 43.8 Å². The SMILES string of the molecule is CCCN(CCC)C(=O)c1cccc(NCC(=O)Nc2cccc(OC(C)CC)c2)c1. The highest BCUT2D eigenvalue weighted by molar-refractivity contribution is 5.96. The molecule has 168 valence electrons. The Morgan fingerprint density at radius 2 is 1.65 bits per heavy atom. The number of hydrogen-bond donors (Lipinski definition) is 2. The second-order valence-corrected chi connectivity index (χ2v) is 7.64. The van der Waals surface area contributed by atoms with E-state index in [1.165, 1.54) is 0 Å². The van der Waals surface area contributed by atoms with Gasteiger partial charge in [0.15, 0.2) is 0 Å². The van der Waals surface area contributed by atoms with E-state index in [4.69, 9.17) is 4.74 Å². The van der Waals surface area contributed by atoms with E-state index in [0.29, 0.717) is 11.3 Å². The molecule has 0 spiro atoms. The molecule has 6 heteroatoms. The van der Waals surface area contributed by atoms with Crippen LogP contribution in [-0.4, -0.2) is 42.5 Å². The van der Waals surface area contributed by atoms with Gasteiger partial charge < -0.3 is 20.3 Å². The van der Waals surface area contributed by atoms with Crippen LogP contribution >= 0.6 is 0 Å². The molecule has 0 bridgehead atoms. The molecule has 0 radical (unpaired) electrons. The largest absolute Gasteiger partial charge is 0.491 e. The normalized spacial score (nSPS) is 11.5. The van der Waals surface area contributed by atoms with Crippen LogP contribution < -0.4 is 15.4 Å². The molecule has 6 nitrogen and oxygen atoms in total. The third-order valence-corrected chi connectivity index (χ3v) is 4.87. The number of anilines is 2. The predicted octanol–water partition coefficient (Wildman–Crippen LogP) is 5.18. The Morgan fingerprint density at radius 1 is 0.968 bits per heavy atom. The molecule has 31 heavy (non-hydrogen) atoms. The second-order valence-electron chi connectivity index (χ2n) is 7.64. The highest BCUT2D eigenvalue weighted by atomic mass is 16.5. The lowest BCUT2D eigenvalue weighted by molar-refractivity contribution is -0.114. The van der Waals surface area contributed by atoms with Crippen LogP contribution in [0.15, 0.2) is 48.5 Å². The number of benzene rings is 2. The van der Waals surface area contributed by atoms with Crippen LogP contribution in [0.2, 0.25) is 0 Å². The van der Waals surface area contributed by atoms with Crippen molar-refractivity contribution in [2.75, 3.05) is 30.3 Å². The number of nitrogens with one attached hydrogen (secondary N) is 2. The summed E-state index contributed by atoms with van der Waals surface area (Å²) in [5.41, 5.74) is 2.05. The van der Waals surface area contributed by atoms with Crippen LogP contribution in [0.1, 0.15) is 57.3 Å². The third-order valence-electron chi connectivity index (χ3n) is 4.87. The van der Waals surface area contributed by atoms with E-state index in [9.17, 15) is 9.59 Å². The first kappa shape index (κ1) is 24.3. The second kappa shape index (κ2) is 12.6. The van der Waals surface area contributed by atoms with Crippen LogP contribution in [0, 0.1) is 0 Å². The molecule has 1 atom stereocenters. The van der Waals surface area contributed by atoms with Crippen molar-refractivity contribution < 1.29 is 14.3 Å². The lowest BCUT2D eigenvalue weighted by Crippen LogP contribution is -2.32. The molecule has 0 aliphatic rings. The highest BCUT2D eigenvalue weighted by Crippen LogP contribution is 2.19. The summed E-state index contributed by atoms with van der Waals surface area (Å²) in [5, 5.41) is 5.98. The average Bonchev–Trinajstić information content (AvgIpc) is 2.77. The molecule has 2 aromatic carbocycles. The number of amides is 2. The number of carbonyl (C=O) groups is 2. The van der Waals surface area contributed by atoms with Gasteiger partial charge in [-0.3, -0.25) is 9.59 Å². The fraction of sp³-hybridized carbons (Fsp3) is 0.440. The summed E-state index contributed by atoms with van der Waals surface area (Å²) in [6.07, 6.45) is 2.88. The monoisotopic (exact) mass is 425 g/mol. The lowest BCUT2D eigenvalue weighted by atomic mass is 10.1. The van der Waals surface area contributed by atoms with Gasteiger partial charge in [0.1, 0.15) is 5.75 Å². The summed E-state index contributed by atoms with van der Waals surface area (Å²) in [6.45, 7) is 9.80. The van der Waals surface area contributed by atoms with Crippen LogP contribution in [0.4, 0.5) is 11.4 Å². The van der Waals surface area contributed by atoms with Crippen LogP contribution in [0.5, 0.6) is 5.75 Å². The van der Waals surface area contributed by atoms with Crippen molar-refractivity contribution in [3.8, 4) is 5.75 Å². The number of rotatable bonds is 12. The Labute approximate surface area is 186 Å². The van der Waals surface area contributed by atoms with E-state index >= 15 is 0 Å². The number of carbonyl (C=O) groups excluding carboxylic acids is 2. The standard InChI is InChI=1S/C25H35N3O3/c1-5-14-28(15-6-2)25(30)20-10-8-11-21(16-20)26-18-24(29)27-22-12-9-13-23(17-22)31-19(4)7-3/h8-13,16-17,19,26H,5-7,14-15,18H2,1-4H3,(H,27,29). The molecular formula is C25H35N3O3. The fourth-order valence-electron chi connectivity index (χ4n) is 3.15. The van der Waals surface area contributed by atoms with Gasteiger partial charge in [0.2, 0.25) is 5.91 Å². The maximum Gasteiger partial charge on any atom is 0.253 e. The summed E-state index contributed by atoms with van der Waals surface area (Å²) in [4.78, 5) is 27.1. The van der Waals surface area contributed by atoms with E-state index < -0.39 is 0 Å². The average molecular weight is 426 g/mol. The zero-order valence-corrected chi connectivity index (χ0v) is 19.1. The van der Waals surface area contributed by atoms with Gasteiger partial charge in [0, 0.05) is 36.1 Å². The molecule has 2 aromatic rings. The van der Waals surface area contributed by atoms with Gasteiger partial charge in [-0.1, -0.05) is 32.9 Å². The van der Waals surface area contributed by atoms with Crippen molar-refractivity contribution >= 4 is 23.2 Å². The molecule has 0 aliphatic heterocycles. The number of hydrogen-bond acceptors (Lipinski definition) is 4. The molecular weight excluding hydrogens is 390 g/mol. The van der Waals surface area contributed by atoms with Gasteiger partial charge in [-0.05, 0) is 56.5 Å². The minimum absolute atomic E-state index is 0.0231. The Balaban J connectivity index is 1.94. The van der Waals surface area contributed by atoms with E-state index in [1.54, 1.807) is 6.07 Å². The molecule has 2 N–H and O–H groups in total. The minimum Gasteiger partial charge on any atom is -0.491 e. The van der Waals surface area contributed by atoms with Crippen molar-refractivity contribution in [1.29, 1.82) is 0 Å². The van der Waals surface area contributed by atoms with Crippen LogP contribution in [0.3, 0.4) is 0 Å². The van der Waals surface area contributed by atoms with Crippen molar-refractivity contribution in [1.82, 2.24) is 4.90 Å². The van der Waals surface area contributed by atoms with Crippen LogP contribution in [-0.2, 0) is 4.79 Å². The summed E-state index contributed by atoms with van der Waals surface area (Å²) in [7, 11) is 0. The Kier molecular flexibility index (Phi) is 9.88. The Morgan fingerprint density at radius 3 is 2.32 bits per heavy atom. The quantitative estimate of drug-likeness (QED) is 0.492. The molecule has 2 amide bonds. The Hall–Kier alpha value is -3.02. The number of nitrogens with zero attached hydrogens (tertiary/aromatic N) is 1. The lowest BCUT2D eigenvalue weighted by Gasteiger charge is -2.21. The first-order valence-electron chi connectivity index (χ1n) is 11.2. The molecule has 1 unspecified atom stereocenters. The van der Waals surface area contributed by atoms with Crippen molar-refractivity contribution in [3.63, 3.8) is 0 Å². The zero-order chi connectivity index (χ0) is 22.6. The smallest absolute Gasteiger partial charge is 0.253 e. The van der Waals surface area contributed by atoms with Gasteiger partial charge in [0.25, 0.3) is 5.91 Å². The summed E-state index contributed by atoms with van der Waals surface area (Å²) < 4.78 is 5.80. The zero-order valence-electron chi connectivity index (χ0n) is 19.1. The van der Waals surface area contributed by atoms with Gasteiger partial charge in [-0.25, -0.2) is 0 Å². The molecule has 0 aliphatic carbocycles. The molecule has 0 saturated carbocycles. The Bertz CT molecular complexity index is 847. The molecule has 0 aromatic heterocycles. The first-order chi connectivity index (χ1) is 15.0. The predicted molar refractivity (Wildman–Crippen MR) is 127 cm³/mol. The fourth-order valence-corrected chi connectivity index (χ4v) is 3.15. The minimum atomic E-state index is -0.170. The first-order valence-corrected chi connectivity index (χ1v) is 11.2. The van der Waals surface area contributed by atoms with E-state index in [1.807, 2.05) is 54.3 Å². The van der Waals surface area contributed by atoms with Crippen LogP contribution in [0.25, 0.3) is 0 Å².